The second-order valence-corrected chi connectivity index (χ2v) is 6.74. The molecule has 0 aromatic carbocycles. The molecule has 6 heteroatoms. The van der Waals surface area contributed by atoms with Crippen LogP contribution in [0.15, 0.2) is 6.20 Å². The Balaban J connectivity index is 1.74. The summed E-state index contributed by atoms with van der Waals surface area (Å²) in [5.41, 5.74) is 0. The van der Waals surface area contributed by atoms with Crippen LogP contribution >= 0.6 is 11.3 Å². The van der Waals surface area contributed by atoms with Gasteiger partial charge in [-0.05, 0) is 18.8 Å². The van der Waals surface area contributed by atoms with E-state index in [1.165, 1.54) is 4.88 Å². The molecule has 118 valence electrons. The molecule has 1 aromatic rings. The Morgan fingerprint density at radius 2 is 2.43 bits per heavy atom. The largest absolute Gasteiger partial charge is 0.379 e. The number of hydrogen-bond acceptors (Lipinski definition) is 4. The minimum atomic E-state index is 0.0104. The van der Waals surface area contributed by atoms with Gasteiger partial charge in [0.15, 0.2) is 0 Å². The molecule has 1 aliphatic rings. The van der Waals surface area contributed by atoms with Gasteiger partial charge in [0.1, 0.15) is 0 Å². The van der Waals surface area contributed by atoms with Crippen LogP contribution in [0.5, 0.6) is 0 Å². The van der Waals surface area contributed by atoms with Crippen molar-refractivity contribution >= 4 is 17.4 Å². The number of hydrogen-bond donors (Lipinski definition) is 1. The van der Waals surface area contributed by atoms with E-state index in [0.717, 1.165) is 30.8 Å². The van der Waals surface area contributed by atoms with E-state index in [9.17, 15) is 4.79 Å². The summed E-state index contributed by atoms with van der Waals surface area (Å²) in [6, 6.07) is 0.0104. The van der Waals surface area contributed by atoms with Crippen molar-refractivity contribution in [1.82, 2.24) is 15.2 Å². The van der Waals surface area contributed by atoms with Gasteiger partial charge in [0, 0.05) is 44.2 Å². The Bertz CT molecular complexity index is 464. The Labute approximate surface area is 130 Å². The molecule has 0 radical (unpaired) electrons. The van der Waals surface area contributed by atoms with E-state index in [4.69, 9.17) is 4.74 Å². The van der Waals surface area contributed by atoms with Gasteiger partial charge in [-0.25, -0.2) is 9.78 Å². The van der Waals surface area contributed by atoms with Crippen LogP contribution in [0.25, 0.3) is 0 Å². The van der Waals surface area contributed by atoms with Crippen LogP contribution in [0, 0.1) is 5.92 Å². The molecule has 2 rings (SSSR count). The summed E-state index contributed by atoms with van der Waals surface area (Å²) < 4.78 is 5.44. The number of likely N-dealkylation sites (tertiary alicyclic amines) is 1. The molecule has 0 aliphatic carbocycles. The lowest BCUT2D eigenvalue weighted by Gasteiger charge is -2.36. The monoisotopic (exact) mass is 311 g/mol. The van der Waals surface area contributed by atoms with Crippen LogP contribution in [0.3, 0.4) is 0 Å². The van der Waals surface area contributed by atoms with Gasteiger partial charge in [0.25, 0.3) is 0 Å². The zero-order valence-electron chi connectivity index (χ0n) is 13.1. The second-order valence-electron chi connectivity index (χ2n) is 5.54. The number of aromatic nitrogens is 1. The summed E-state index contributed by atoms with van der Waals surface area (Å²) in [4.78, 5) is 19.7. The van der Waals surface area contributed by atoms with Crippen molar-refractivity contribution in [2.75, 3.05) is 26.7 Å². The smallest absolute Gasteiger partial charge is 0.317 e. The summed E-state index contributed by atoms with van der Waals surface area (Å²) in [5, 5.41) is 4.08. The Hall–Kier alpha value is -1.14. The molecule has 1 aliphatic heterocycles. The standard InChI is InChI=1S/C15H25N3O2S/c1-4-12-9-17-14(21-12)5-7-16-15(19)18-8-6-11(2)13(10-18)20-3/h9,11,13H,4-8,10H2,1-3H3,(H,16,19)/t11-,13-/m0/s1. The maximum absolute atomic E-state index is 12.2. The third-order valence-corrected chi connectivity index (χ3v) is 5.25. The maximum atomic E-state index is 12.2. The topological polar surface area (TPSA) is 54.5 Å². The lowest BCUT2D eigenvalue weighted by Crippen LogP contribution is -2.50. The van der Waals surface area contributed by atoms with Gasteiger partial charge in [0.2, 0.25) is 0 Å². The predicted molar refractivity (Wildman–Crippen MR) is 84.7 cm³/mol. The van der Waals surface area contributed by atoms with Gasteiger partial charge in [-0.1, -0.05) is 13.8 Å². The maximum Gasteiger partial charge on any atom is 0.317 e. The fraction of sp³-hybridized carbons (Fsp3) is 0.733. The molecular weight excluding hydrogens is 286 g/mol. The molecule has 5 nitrogen and oxygen atoms in total. The summed E-state index contributed by atoms with van der Waals surface area (Å²) >= 11 is 1.73. The second kappa shape index (κ2) is 7.75. The number of amides is 2. The molecule has 1 N–H and O–H groups in total. The highest BCUT2D eigenvalue weighted by molar-refractivity contribution is 7.11. The van der Waals surface area contributed by atoms with Gasteiger partial charge < -0.3 is 15.0 Å². The number of nitrogens with zero attached hydrogens (tertiary/aromatic N) is 2. The summed E-state index contributed by atoms with van der Waals surface area (Å²) in [6.45, 7) is 6.43. The molecular formula is C15H25N3O2S. The lowest BCUT2D eigenvalue weighted by molar-refractivity contribution is 0.00722. The quantitative estimate of drug-likeness (QED) is 0.908. The Morgan fingerprint density at radius 3 is 3.10 bits per heavy atom. The molecule has 1 saturated heterocycles. The molecule has 2 amide bonds. The average Bonchev–Trinajstić information content (AvgIpc) is 2.95. The van der Waals surface area contributed by atoms with Crippen molar-refractivity contribution in [3.8, 4) is 0 Å². The number of nitrogens with one attached hydrogen (secondary N) is 1. The molecule has 21 heavy (non-hydrogen) atoms. The first-order valence-corrected chi connectivity index (χ1v) is 8.44. The van der Waals surface area contributed by atoms with Crippen LogP contribution in [0.4, 0.5) is 4.79 Å². The van der Waals surface area contributed by atoms with E-state index >= 15 is 0 Å². The Morgan fingerprint density at radius 1 is 1.62 bits per heavy atom. The Kier molecular flexibility index (Phi) is 5.99. The highest BCUT2D eigenvalue weighted by Crippen LogP contribution is 2.19. The van der Waals surface area contributed by atoms with Crippen molar-refractivity contribution in [3.05, 3.63) is 16.1 Å². The van der Waals surface area contributed by atoms with Crippen LogP contribution in [-0.4, -0.2) is 48.8 Å². The van der Waals surface area contributed by atoms with E-state index in [2.05, 4.69) is 24.1 Å². The van der Waals surface area contributed by atoms with Crippen LogP contribution in [0.1, 0.15) is 30.2 Å². The number of aryl methyl sites for hydroxylation is 1. The first-order valence-electron chi connectivity index (χ1n) is 7.63. The van der Waals surface area contributed by atoms with Gasteiger partial charge in [-0.2, -0.15) is 0 Å². The number of ether oxygens (including phenoxy) is 1. The number of carbonyl (C=O) groups excluding carboxylic acids is 1. The summed E-state index contributed by atoms with van der Waals surface area (Å²) in [7, 11) is 1.72. The van der Waals surface area contributed by atoms with Crippen molar-refractivity contribution in [2.24, 2.45) is 5.92 Å². The zero-order chi connectivity index (χ0) is 15.2. The van der Waals surface area contributed by atoms with Crippen molar-refractivity contribution in [3.63, 3.8) is 0 Å². The van der Waals surface area contributed by atoms with Crippen LogP contribution in [0.2, 0.25) is 0 Å². The van der Waals surface area contributed by atoms with Gasteiger partial charge in [0.05, 0.1) is 11.1 Å². The first-order chi connectivity index (χ1) is 10.1. The van der Waals surface area contributed by atoms with E-state index in [1.807, 2.05) is 11.1 Å². The third-order valence-electron chi connectivity index (χ3n) is 4.04. The molecule has 0 spiro atoms. The molecule has 2 atom stereocenters. The van der Waals surface area contributed by atoms with Crippen LogP contribution < -0.4 is 5.32 Å². The van der Waals surface area contributed by atoms with E-state index in [1.54, 1.807) is 18.4 Å². The molecule has 1 fully saturated rings. The molecule has 1 aromatic heterocycles. The van der Waals surface area contributed by atoms with Gasteiger partial charge in [-0.15, -0.1) is 11.3 Å². The minimum absolute atomic E-state index is 0.0104. The number of piperidine rings is 1. The minimum Gasteiger partial charge on any atom is -0.379 e. The lowest BCUT2D eigenvalue weighted by atomic mass is 9.96. The number of carbonyl (C=O) groups is 1. The van der Waals surface area contributed by atoms with E-state index < -0.39 is 0 Å². The van der Waals surface area contributed by atoms with E-state index in [-0.39, 0.29) is 12.1 Å². The van der Waals surface area contributed by atoms with E-state index in [0.29, 0.717) is 19.0 Å². The number of thiazole rings is 1. The highest BCUT2D eigenvalue weighted by Gasteiger charge is 2.28. The van der Waals surface area contributed by atoms with Crippen molar-refractivity contribution < 1.29 is 9.53 Å². The predicted octanol–water partition coefficient (Wildman–Crippen LogP) is 2.31. The summed E-state index contributed by atoms with van der Waals surface area (Å²) in [5.74, 6) is 0.516. The summed E-state index contributed by atoms with van der Waals surface area (Å²) in [6.07, 6.45) is 4.90. The number of rotatable bonds is 5. The van der Waals surface area contributed by atoms with Crippen molar-refractivity contribution in [2.45, 2.75) is 39.2 Å². The highest BCUT2D eigenvalue weighted by atomic mass is 32.1. The normalized spacial score (nSPS) is 22.3. The molecule has 2 heterocycles. The zero-order valence-corrected chi connectivity index (χ0v) is 13.9. The fourth-order valence-corrected chi connectivity index (χ4v) is 3.40. The fourth-order valence-electron chi connectivity index (χ4n) is 2.54. The molecule has 0 saturated carbocycles. The SMILES string of the molecule is CCc1cnc(CCNC(=O)N2CC[C@H](C)[C@@H](OC)C2)s1. The first kappa shape index (κ1) is 16.2. The molecule has 0 bridgehead atoms. The molecule has 0 unspecified atom stereocenters. The number of methoxy groups -OCH3 is 1. The average molecular weight is 311 g/mol. The van der Waals surface area contributed by atoms with Gasteiger partial charge >= 0.3 is 6.03 Å². The van der Waals surface area contributed by atoms with Crippen LogP contribution in [-0.2, 0) is 17.6 Å². The van der Waals surface area contributed by atoms with Crippen molar-refractivity contribution in [1.29, 1.82) is 0 Å². The number of urea groups is 1. The third kappa shape index (κ3) is 4.41. The van der Waals surface area contributed by atoms with Gasteiger partial charge in [-0.3, -0.25) is 0 Å².